The van der Waals surface area contributed by atoms with Crippen LogP contribution < -0.4 is 5.73 Å². The van der Waals surface area contributed by atoms with E-state index < -0.39 is 0 Å². The fourth-order valence-electron chi connectivity index (χ4n) is 1.73. The molecule has 0 aliphatic heterocycles. The summed E-state index contributed by atoms with van der Waals surface area (Å²) < 4.78 is 0. The molecule has 0 amide bonds. The van der Waals surface area contributed by atoms with Gasteiger partial charge in [0.1, 0.15) is 0 Å². The van der Waals surface area contributed by atoms with Crippen LogP contribution in [0, 0.1) is 12.3 Å². The topological polar surface area (TPSA) is 38.9 Å². The van der Waals surface area contributed by atoms with Crippen molar-refractivity contribution in [3.8, 4) is 0 Å². The molecule has 0 aliphatic rings. The number of hydrogen-bond donors (Lipinski definition) is 1. The average Bonchev–Trinajstić information content (AvgIpc) is 2.61. The van der Waals surface area contributed by atoms with Crippen LogP contribution in [0.15, 0.2) is 5.38 Å². The first-order valence-electron chi connectivity index (χ1n) is 5.27. The van der Waals surface area contributed by atoms with Crippen molar-refractivity contribution >= 4 is 11.3 Å². The Labute approximate surface area is 90.6 Å². The quantitative estimate of drug-likeness (QED) is 0.815. The first kappa shape index (κ1) is 11.7. The van der Waals surface area contributed by atoms with Gasteiger partial charge in [-0.3, -0.25) is 0 Å². The molecule has 1 rings (SSSR count). The second kappa shape index (κ2) is 4.89. The number of nitrogens with zero attached hydrogens (tertiary/aromatic N) is 1. The third kappa shape index (κ3) is 2.55. The molecule has 80 valence electrons. The van der Waals surface area contributed by atoms with Gasteiger partial charge in [-0.2, -0.15) is 0 Å². The minimum atomic E-state index is 0.264. The normalized spacial score (nSPS) is 12.0. The maximum atomic E-state index is 5.86. The van der Waals surface area contributed by atoms with Gasteiger partial charge in [0.15, 0.2) is 0 Å². The van der Waals surface area contributed by atoms with Crippen molar-refractivity contribution in [2.24, 2.45) is 11.1 Å². The Morgan fingerprint density at radius 2 is 2.07 bits per heavy atom. The molecule has 0 unspecified atom stereocenters. The van der Waals surface area contributed by atoms with E-state index in [9.17, 15) is 0 Å². The first-order valence-corrected chi connectivity index (χ1v) is 6.15. The van der Waals surface area contributed by atoms with Crippen molar-refractivity contribution < 1.29 is 0 Å². The largest absolute Gasteiger partial charge is 0.330 e. The van der Waals surface area contributed by atoms with Gasteiger partial charge >= 0.3 is 0 Å². The highest BCUT2D eigenvalue weighted by Gasteiger charge is 2.25. The number of nitrogens with two attached hydrogens (primary N) is 1. The second-order valence-electron chi connectivity index (χ2n) is 3.95. The highest BCUT2D eigenvalue weighted by atomic mass is 32.1. The number of aryl methyl sites for hydroxylation is 1. The van der Waals surface area contributed by atoms with Crippen LogP contribution in [0.5, 0.6) is 0 Å². The van der Waals surface area contributed by atoms with E-state index in [1.54, 1.807) is 11.3 Å². The van der Waals surface area contributed by atoms with E-state index in [4.69, 9.17) is 5.73 Å². The molecule has 1 aromatic heterocycles. The Kier molecular flexibility index (Phi) is 4.08. The SMILES string of the molecule is CCC(CC)(CN)Cc1csc(C)n1. The van der Waals surface area contributed by atoms with E-state index in [-0.39, 0.29) is 5.41 Å². The molecule has 0 spiro atoms. The molecule has 1 heterocycles. The summed E-state index contributed by atoms with van der Waals surface area (Å²) in [5.41, 5.74) is 7.33. The molecule has 0 atom stereocenters. The third-order valence-electron chi connectivity index (χ3n) is 3.16. The molecule has 2 N–H and O–H groups in total. The Balaban J connectivity index is 2.73. The molecule has 0 saturated heterocycles. The van der Waals surface area contributed by atoms with E-state index in [1.807, 2.05) is 0 Å². The minimum absolute atomic E-state index is 0.264. The zero-order valence-electron chi connectivity index (χ0n) is 9.34. The molecule has 0 saturated carbocycles. The molecule has 0 bridgehead atoms. The van der Waals surface area contributed by atoms with Gasteiger partial charge in [0.2, 0.25) is 0 Å². The average molecular weight is 212 g/mol. The van der Waals surface area contributed by atoms with E-state index >= 15 is 0 Å². The maximum Gasteiger partial charge on any atom is 0.0897 e. The van der Waals surface area contributed by atoms with Crippen molar-refractivity contribution in [2.45, 2.75) is 40.0 Å². The Bertz CT molecular complexity index is 268. The molecule has 2 nitrogen and oxygen atoms in total. The molecule has 1 aromatic rings. The molecule has 0 radical (unpaired) electrons. The summed E-state index contributed by atoms with van der Waals surface area (Å²) in [6.45, 7) is 7.25. The van der Waals surface area contributed by atoms with E-state index in [1.165, 1.54) is 5.69 Å². The number of hydrogen-bond acceptors (Lipinski definition) is 3. The lowest BCUT2D eigenvalue weighted by Gasteiger charge is -2.29. The summed E-state index contributed by atoms with van der Waals surface area (Å²) in [5.74, 6) is 0. The van der Waals surface area contributed by atoms with Crippen molar-refractivity contribution in [1.82, 2.24) is 4.98 Å². The molecule has 0 aliphatic carbocycles. The molecule has 14 heavy (non-hydrogen) atoms. The van der Waals surface area contributed by atoms with Crippen molar-refractivity contribution in [1.29, 1.82) is 0 Å². The molecule has 0 aromatic carbocycles. The Hall–Kier alpha value is -0.410. The molecule has 0 fully saturated rings. The predicted octanol–water partition coefficient (Wildman–Crippen LogP) is 2.76. The summed E-state index contributed by atoms with van der Waals surface area (Å²) in [6.07, 6.45) is 3.30. The van der Waals surface area contributed by atoms with Crippen LogP contribution in [-0.2, 0) is 6.42 Å². The van der Waals surface area contributed by atoms with Crippen LogP contribution >= 0.6 is 11.3 Å². The first-order chi connectivity index (χ1) is 6.65. The fourth-order valence-corrected chi connectivity index (χ4v) is 2.35. The van der Waals surface area contributed by atoms with Crippen LogP contribution in [0.2, 0.25) is 0 Å². The summed E-state index contributed by atoms with van der Waals surface area (Å²) in [7, 11) is 0. The zero-order chi connectivity index (χ0) is 10.6. The number of rotatable bonds is 5. The van der Waals surface area contributed by atoms with Gasteiger partial charge in [-0.15, -0.1) is 11.3 Å². The molecular formula is C11H20N2S. The highest BCUT2D eigenvalue weighted by Crippen LogP contribution is 2.29. The smallest absolute Gasteiger partial charge is 0.0897 e. The van der Waals surface area contributed by atoms with Crippen LogP contribution in [0.25, 0.3) is 0 Å². The third-order valence-corrected chi connectivity index (χ3v) is 3.98. The lowest BCUT2D eigenvalue weighted by molar-refractivity contribution is 0.269. The van der Waals surface area contributed by atoms with Gasteiger partial charge in [0.05, 0.1) is 10.7 Å². The zero-order valence-corrected chi connectivity index (χ0v) is 10.2. The number of thiazole rings is 1. The van der Waals surface area contributed by atoms with Gasteiger partial charge in [0, 0.05) is 5.38 Å². The summed E-state index contributed by atoms with van der Waals surface area (Å²) in [5, 5.41) is 3.31. The summed E-state index contributed by atoms with van der Waals surface area (Å²) >= 11 is 1.72. The minimum Gasteiger partial charge on any atom is -0.330 e. The van der Waals surface area contributed by atoms with Gasteiger partial charge in [-0.05, 0) is 38.1 Å². The van der Waals surface area contributed by atoms with E-state index in [0.29, 0.717) is 0 Å². The molecular weight excluding hydrogens is 192 g/mol. The maximum absolute atomic E-state index is 5.86. The Morgan fingerprint density at radius 1 is 1.43 bits per heavy atom. The monoisotopic (exact) mass is 212 g/mol. The van der Waals surface area contributed by atoms with Gasteiger partial charge in [-0.25, -0.2) is 4.98 Å². The van der Waals surface area contributed by atoms with Crippen molar-refractivity contribution in [3.63, 3.8) is 0 Å². The number of aromatic nitrogens is 1. The fraction of sp³-hybridized carbons (Fsp3) is 0.727. The van der Waals surface area contributed by atoms with Gasteiger partial charge in [0.25, 0.3) is 0 Å². The summed E-state index contributed by atoms with van der Waals surface area (Å²) in [6, 6.07) is 0. The molecule has 3 heteroatoms. The summed E-state index contributed by atoms with van der Waals surface area (Å²) in [4.78, 5) is 4.50. The van der Waals surface area contributed by atoms with Crippen LogP contribution in [0.3, 0.4) is 0 Å². The predicted molar refractivity (Wildman–Crippen MR) is 62.6 cm³/mol. The van der Waals surface area contributed by atoms with Crippen molar-refractivity contribution in [2.75, 3.05) is 6.54 Å². The van der Waals surface area contributed by atoms with E-state index in [2.05, 4.69) is 31.1 Å². The second-order valence-corrected chi connectivity index (χ2v) is 5.01. The van der Waals surface area contributed by atoms with Crippen LogP contribution in [0.1, 0.15) is 37.4 Å². The highest BCUT2D eigenvalue weighted by molar-refractivity contribution is 7.09. The van der Waals surface area contributed by atoms with Gasteiger partial charge < -0.3 is 5.73 Å². The van der Waals surface area contributed by atoms with Crippen LogP contribution in [0.4, 0.5) is 0 Å². The van der Waals surface area contributed by atoms with E-state index in [0.717, 1.165) is 30.8 Å². The van der Waals surface area contributed by atoms with Crippen molar-refractivity contribution in [3.05, 3.63) is 16.1 Å². The lowest BCUT2D eigenvalue weighted by Crippen LogP contribution is -2.31. The van der Waals surface area contributed by atoms with Gasteiger partial charge in [-0.1, -0.05) is 13.8 Å². The lowest BCUT2D eigenvalue weighted by atomic mass is 9.78. The Morgan fingerprint density at radius 3 is 2.43 bits per heavy atom. The van der Waals surface area contributed by atoms with Crippen LogP contribution in [-0.4, -0.2) is 11.5 Å². The standard InChI is InChI=1S/C11H20N2S/c1-4-11(5-2,8-12)6-10-7-14-9(3)13-10/h7H,4-6,8,12H2,1-3H3.